The highest BCUT2D eigenvalue weighted by molar-refractivity contribution is 5.49. The molecule has 18 heavy (non-hydrogen) atoms. The Morgan fingerprint density at radius 2 is 1.83 bits per heavy atom. The van der Waals surface area contributed by atoms with Gasteiger partial charge in [0.2, 0.25) is 0 Å². The van der Waals surface area contributed by atoms with E-state index in [1.807, 2.05) is 20.0 Å². The number of hydrogen-bond acceptors (Lipinski definition) is 5. The number of nitrogens with zero attached hydrogens (tertiary/aromatic N) is 4. The molecule has 0 amide bonds. The SMILES string of the molecule is CCCCN(C)c1cc(N(C)CC(C)N)ncn1. The van der Waals surface area contributed by atoms with Crippen LogP contribution in [0, 0.1) is 0 Å². The predicted molar refractivity (Wildman–Crippen MR) is 77.1 cm³/mol. The van der Waals surface area contributed by atoms with Crippen molar-refractivity contribution in [2.24, 2.45) is 5.73 Å². The zero-order valence-corrected chi connectivity index (χ0v) is 11.9. The van der Waals surface area contributed by atoms with Crippen molar-refractivity contribution in [3.63, 3.8) is 0 Å². The Kier molecular flexibility index (Phi) is 5.85. The van der Waals surface area contributed by atoms with Gasteiger partial charge in [-0.3, -0.25) is 0 Å². The molecule has 1 aromatic heterocycles. The minimum absolute atomic E-state index is 0.131. The highest BCUT2D eigenvalue weighted by Gasteiger charge is 2.08. The second-order valence-corrected chi connectivity index (χ2v) is 4.87. The molecule has 1 unspecified atom stereocenters. The van der Waals surface area contributed by atoms with Crippen molar-refractivity contribution in [2.45, 2.75) is 32.7 Å². The lowest BCUT2D eigenvalue weighted by molar-refractivity contribution is 0.709. The molecule has 1 aromatic rings. The van der Waals surface area contributed by atoms with E-state index in [1.165, 1.54) is 12.8 Å². The van der Waals surface area contributed by atoms with Crippen LogP contribution in [0.25, 0.3) is 0 Å². The normalized spacial score (nSPS) is 12.3. The van der Waals surface area contributed by atoms with Crippen LogP contribution in [-0.4, -0.2) is 43.2 Å². The van der Waals surface area contributed by atoms with Crippen molar-refractivity contribution in [2.75, 3.05) is 37.0 Å². The van der Waals surface area contributed by atoms with E-state index in [1.54, 1.807) is 6.33 Å². The fraction of sp³-hybridized carbons (Fsp3) is 0.692. The largest absolute Gasteiger partial charge is 0.360 e. The number of nitrogens with two attached hydrogens (primary N) is 1. The van der Waals surface area contributed by atoms with E-state index in [-0.39, 0.29) is 6.04 Å². The Morgan fingerprint density at radius 1 is 1.22 bits per heavy atom. The average Bonchev–Trinajstić information content (AvgIpc) is 2.35. The predicted octanol–water partition coefficient (Wildman–Crippen LogP) is 1.50. The summed E-state index contributed by atoms with van der Waals surface area (Å²) in [6.45, 7) is 5.99. The Bertz CT molecular complexity index is 353. The first-order valence-corrected chi connectivity index (χ1v) is 6.54. The molecule has 5 heteroatoms. The molecule has 102 valence electrons. The lowest BCUT2D eigenvalue weighted by Crippen LogP contribution is -2.33. The van der Waals surface area contributed by atoms with Crippen molar-refractivity contribution in [3.05, 3.63) is 12.4 Å². The molecule has 2 N–H and O–H groups in total. The quantitative estimate of drug-likeness (QED) is 0.796. The van der Waals surface area contributed by atoms with Gasteiger partial charge in [-0.05, 0) is 13.3 Å². The zero-order chi connectivity index (χ0) is 13.5. The Balaban J connectivity index is 2.72. The molecule has 0 aliphatic rings. The standard InChI is InChI=1S/C13H25N5/c1-5-6-7-17(3)12-8-13(16-10-15-12)18(4)9-11(2)14/h8,10-11H,5-7,9,14H2,1-4H3. The summed E-state index contributed by atoms with van der Waals surface area (Å²) in [4.78, 5) is 12.8. The third-order valence-electron chi connectivity index (χ3n) is 2.83. The molecule has 1 atom stereocenters. The molecule has 0 fully saturated rings. The van der Waals surface area contributed by atoms with E-state index in [4.69, 9.17) is 5.73 Å². The molecule has 0 spiro atoms. The van der Waals surface area contributed by atoms with Crippen LogP contribution < -0.4 is 15.5 Å². The molecule has 1 rings (SSSR count). The molecule has 0 aliphatic carbocycles. The first-order valence-electron chi connectivity index (χ1n) is 6.54. The van der Waals surface area contributed by atoms with Crippen LogP contribution in [0.15, 0.2) is 12.4 Å². The van der Waals surface area contributed by atoms with Gasteiger partial charge in [0, 0.05) is 39.3 Å². The Hall–Kier alpha value is -1.36. The van der Waals surface area contributed by atoms with Gasteiger partial charge >= 0.3 is 0 Å². The van der Waals surface area contributed by atoms with Gasteiger partial charge in [0.1, 0.15) is 18.0 Å². The Morgan fingerprint density at radius 3 is 2.39 bits per heavy atom. The van der Waals surface area contributed by atoms with Gasteiger partial charge in [-0.2, -0.15) is 0 Å². The van der Waals surface area contributed by atoms with E-state index < -0.39 is 0 Å². The molecule has 0 bridgehead atoms. The van der Waals surface area contributed by atoms with E-state index >= 15 is 0 Å². The molecule has 0 saturated heterocycles. The molecule has 5 nitrogen and oxygen atoms in total. The van der Waals surface area contributed by atoms with Crippen LogP contribution in [0.1, 0.15) is 26.7 Å². The van der Waals surface area contributed by atoms with Crippen LogP contribution in [0.3, 0.4) is 0 Å². The molecule has 0 radical (unpaired) electrons. The van der Waals surface area contributed by atoms with Crippen molar-refractivity contribution in [3.8, 4) is 0 Å². The molecule has 0 saturated carbocycles. The van der Waals surface area contributed by atoms with Gasteiger partial charge in [0.25, 0.3) is 0 Å². The number of likely N-dealkylation sites (N-methyl/N-ethyl adjacent to an activating group) is 1. The number of unbranched alkanes of at least 4 members (excludes halogenated alkanes) is 1. The van der Waals surface area contributed by atoms with Gasteiger partial charge in [0.05, 0.1) is 0 Å². The molecule has 1 heterocycles. The van der Waals surface area contributed by atoms with E-state index in [0.29, 0.717) is 0 Å². The lowest BCUT2D eigenvalue weighted by atomic mass is 10.3. The summed E-state index contributed by atoms with van der Waals surface area (Å²) < 4.78 is 0. The molecule has 0 aliphatic heterocycles. The smallest absolute Gasteiger partial charge is 0.133 e. The summed E-state index contributed by atoms with van der Waals surface area (Å²) in [5.74, 6) is 1.88. The third kappa shape index (κ3) is 4.49. The number of aromatic nitrogens is 2. The van der Waals surface area contributed by atoms with Gasteiger partial charge in [-0.1, -0.05) is 13.3 Å². The van der Waals surface area contributed by atoms with Crippen LogP contribution in [0.2, 0.25) is 0 Å². The monoisotopic (exact) mass is 251 g/mol. The maximum atomic E-state index is 5.80. The van der Waals surface area contributed by atoms with Crippen LogP contribution in [0.5, 0.6) is 0 Å². The van der Waals surface area contributed by atoms with E-state index in [2.05, 4.69) is 33.7 Å². The minimum Gasteiger partial charge on any atom is -0.360 e. The molecular weight excluding hydrogens is 226 g/mol. The van der Waals surface area contributed by atoms with Crippen LogP contribution in [-0.2, 0) is 0 Å². The third-order valence-corrected chi connectivity index (χ3v) is 2.83. The topological polar surface area (TPSA) is 58.3 Å². The fourth-order valence-corrected chi connectivity index (χ4v) is 1.79. The van der Waals surface area contributed by atoms with E-state index in [9.17, 15) is 0 Å². The first-order chi connectivity index (χ1) is 8.54. The minimum atomic E-state index is 0.131. The summed E-state index contributed by atoms with van der Waals surface area (Å²) in [6, 6.07) is 2.14. The molecular formula is C13H25N5. The number of anilines is 2. The Labute approximate surface area is 110 Å². The van der Waals surface area contributed by atoms with Crippen molar-refractivity contribution >= 4 is 11.6 Å². The van der Waals surface area contributed by atoms with Gasteiger partial charge in [-0.25, -0.2) is 9.97 Å². The summed E-state index contributed by atoms with van der Waals surface area (Å²) in [5.41, 5.74) is 5.80. The summed E-state index contributed by atoms with van der Waals surface area (Å²) in [5, 5.41) is 0. The highest BCUT2D eigenvalue weighted by atomic mass is 15.2. The summed E-state index contributed by atoms with van der Waals surface area (Å²) in [6.07, 6.45) is 3.98. The van der Waals surface area contributed by atoms with Crippen molar-refractivity contribution in [1.82, 2.24) is 9.97 Å². The summed E-state index contributed by atoms with van der Waals surface area (Å²) in [7, 11) is 4.06. The number of rotatable bonds is 7. The average molecular weight is 251 g/mol. The molecule has 0 aromatic carbocycles. The van der Waals surface area contributed by atoms with Crippen LogP contribution in [0.4, 0.5) is 11.6 Å². The van der Waals surface area contributed by atoms with Crippen molar-refractivity contribution < 1.29 is 0 Å². The van der Waals surface area contributed by atoms with Crippen LogP contribution >= 0.6 is 0 Å². The second-order valence-electron chi connectivity index (χ2n) is 4.87. The maximum absolute atomic E-state index is 5.80. The van der Waals surface area contributed by atoms with Gasteiger partial charge in [0.15, 0.2) is 0 Å². The zero-order valence-electron chi connectivity index (χ0n) is 11.9. The number of hydrogen-bond donors (Lipinski definition) is 1. The fourth-order valence-electron chi connectivity index (χ4n) is 1.79. The lowest BCUT2D eigenvalue weighted by Gasteiger charge is -2.23. The first kappa shape index (κ1) is 14.7. The van der Waals surface area contributed by atoms with Gasteiger partial charge in [-0.15, -0.1) is 0 Å². The van der Waals surface area contributed by atoms with Gasteiger partial charge < -0.3 is 15.5 Å². The second kappa shape index (κ2) is 7.16. The van der Waals surface area contributed by atoms with Crippen molar-refractivity contribution in [1.29, 1.82) is 0 Å². The van der Waals surface area contributed by atoms with E-state index in [0.717, 1.165) is 24.7 Å². The summed E-state index contributed by atoms with van der Waals surface area (Å²) >= 11 is 0. The maximum Gasteiger partial charge on any atom is 0.133 e. The highest BCUT2D eigenvalue weighted by Crippen LogP contribution is 2.15.